The van der Waals surface area contributed by atoms with Crippen LogP contribution in [0.2, 0.25) is 0 Å². The van der Waals surface area contributed by atoms with Gasteiger partial charge in [0.2, 0.25) is 6.71 Å². The summed E-state index contributed by atoms with van der Waals surface area (Å²) in [6.45, 7) is 6.99. The van der Waals surface area contributed by atoms with E-state index in [1.54, 1.807) is 0 Å². The van der Waals surface area contributed by atoms with Crippen molar-refractivity contribution in [1.29, 1.82) is 0 Å². The average molecular weight is 566 g/mol. The van der Waals surface area contributed by atoms with Crippen molar-refractivity contribution >= 4 is 51.9 Å². The quantitative estimate of drug-likeness (QED) is 0.185. The fraction of sp³-hybridized carbons (Fsp3) is 0.100. The lowest BCUT2D eigenvalue weighted by Crippen LogP contribution is -2.60. The zero-order valence-corrected chi connectivity index (χ0v) is 25.2. The number of hydrogen-bond donors (Lipinski definition) is 0. The second-order valence-corrected chi connectivity index (χ2v) is 13.7. The number of rotatable bonds is 1. The zero-order valence-electron chi connectivity index (χ0n) is 24.4. The number of anilines is 3. The van der Waals surface area contributed by atoms with Crippen molar-refractivity contribution in [3.63, 3.8) is 0 Å². The van der Waals surface area contributed by atoms with Crippen LogP contribution in [-0.2, 0) is 5.41 Å². The summed E-state index contributed by atoms with van der Waals surface area (Å²) in [6, 6.07) is 44.2. The molecule has 4 aliphatic rings. The zero-order chi connectivity index (χ0) is 28.6. The fourth-order valence-electron chi connectivity index (χ4n) is 9.12. The Hall–Kier alpha value is -4.47. The topological polar surface area (TPSA) is 3.24 Å². The minimum atomic E-state index is -0.382. The van der Waals surface area contributed by atoms with Crippen LogP contribution in [-0.4, -0.2) is 6.71 Å². The summed E-state index contributed by atoms with van der Waals surface area (Å²) in [4.78, 5) is 5.34. The Bertz CT molecular complexity index is 2160. The number of hydrogen-bond acceptors (Lipinski definition) is 2. The van der Waals surface area contributed by atoms with Gasteiger partial charge in [0.05, 0.1) is 16.8 Å². The van der Waals surface area contributed by atoms with Gasteiger partial charge in [0.25, 0.3) is 0 Å². The Morgan fingerprint density at radius 2 is 1.05 bits per heavy atom. The van der Waals surface area contributed by atoms with Crippen molar-refractivity contribution in [3.8, 4) is 11.1 Å². The van der Waals surface area contributed by atoms with Crippen LogP contribution in [0.1, 0.15) is 38.9 Å². The van der Waals surface area contributed by atoms with Gasteiger partial charge >= 0.3 is 0 Å². The van der Waals surface area contributed by atoms with Crippen LogP contribution in [0.4, 0.5) is 17.1 Å². The molecule has 202 valence electrons. The molecule has 1 nitrogen and oxygen atoms in total. The van der Waals surface area contributed by atoms with Gasteiger partial charge in [-0.1, -0.05) is 137 Å². The molecule has 0 aromatic heterocycles. The maximum absolute atomic E-state index is 2.65. The van der Waals surface area contributed by atoms with Crippen molar-refractivity contribution in [2.75, 3.05) is 4.90 Å². The minimum absolute atomic E-state index is 0.165. The maximum Gasteiger partial charge on any atom is 0.247 e. The lowest BCUT2D eigenvalue weighted by molar-refractivity contribution is 0.747. The second kappa shape index (κ2) is 8.12. The molecule has 0 saturated heterocycles. The molecule has 43 heavy (non-hydrogen) atoms. The molecule has 1 aliphatic carbocycles. The van der Waals surface area contributed by atoms with Crippen molar-refractivity contribution in [2.45, 2.75) is 36.0 Å². The van der Waals surface area contributed by atoms with Gasteiger partial charge in [-0.25, -0.2) is 0 Å². The van der Waals surface area contributed by atoms with E-state index in [1.807, 2.05) is 11.8 Å². The highest BCUT2D eigenvalue weighted by atomic mass is 32.2. The number of fused-ring (bicyclic) bond motifs is 7. The van der Waals surface area contributed by atoms with E-state index < -0.39 is 0 Å². The lowest BCUT2D eigenvalue weighted by atomic mass is 9.33. The molecule has 3 heteroatoms. The largest absolute Gasteiger partial charge is 0.309 e. The Morgan fingerprint density at radius 1 is 0.535 bits per heavy atom. The lowest BCUT2D eigenvalue weighted by Gasteiger charge is -2.51. The molecular formula is C40H28BNS. The third kappa shape index (κ3) is 2.74. The predicted octanol–water partition coefficient (Wildman–Crippen LogP) is 8.05. The second-order valence-electron chi connectivity index (χ2n) is 12.6. The van der Waals surface area contributed by atoms with Crippen molar-refractivity contribution < 1.29 is 0 Å². The number of para-hydroxylation sites is 3. The Labute approximate surface area is 257 Å². The molecule has 3 aliphatic heterocycles. The maximum atomic E-state index is 2.65. The Balaban J connectivity index is 1.41. The summed E-state index contributed by atoms with van der Waals surface area (Å²) in [5.41, 5.74) is 20.3. The van der Waals surface area contributed by atoms with E-state index in [0.29, 0.717) is 0 Å². The van der Waals surface area contributed by atoms with E-state index in [1.165, 1.54) is 93.3 Å². The monoisotopic (exact) mass is 565 g/mol. The molecule has 10 rings (SSSR count). The normalized spacial score (nSPS) is 15.3. The summed E-state index contributed by atoms with van der Waals surface area (Å²) >= 11 is 1.94. The van der Waals surface area contributed by atoms with Gasteiger partial charge in [0, 0.05) is 15.5 Å². The Kier molecular flexibility index (Phi) is 4.54. The van der Waals surface area contributed by atoms with E-state index in [-0.39, 0.29) is 12.1 Å². The van der Waals surface area contributed by atoms with E-state index in [9.17, 15) is 0 Å². The molecule has 6 aromatic rings. The molecule has 6 aromatic carbocycles. The molecule has 1 spiro atoms. The molecule has 0 radical (unpaired) electrons. The van der Waals surface area contributed by atoms with Crippen molar-refractivity contribution in [1.82, 2.24) is 0 Å². The first kappa shape index (κ1) is 24.0. The van der Waals surface area contributed by atoms with E-state index in [2.05, 4.69) is 141 Å². The first-order valence-corrected chi connectivity index (χ1v) is 16.1. The summed E-state index contributed by atoms with van der Waals surface area (Å²) < 4.78 is 0. The molecule has 0 unspecified atom stereocenters. The standard InChI is InChI=1S/C40H28BNS/c1-23-21-24(2)36(25(3)22-23)41-32-17-8-15-30-37(32)42-38-31(16-9-19-34(38)43-35-20-10-18-33(41)39(35)42)40(30)28-13-6-4-11-26(28)27-12-5-7-14-29(27)40/h4-22H,1-3H3. The summed E-state index contributed by atoms with van der Waals surface area (Å²) in [6.07, 6.45) is 0. The SMILES string of the molecule is Cc1cc(C)c(B2c3cccc4c3N3c5c(cccc5C5(c6ccccc6-c6ccccc65)c5cccc2c53)S4)c(C)c1. The van der Waals surface area contributed by atoms with Gasteiger partial charge in [-0.05, 0) is 77.2 Å². The average Bonchev–Trinajstić information content (AvgIpc) is 3.31. The molecule has 0 fully saturated rings. The highest BCUT2D eigenvalue weighted by Gasteiger charge is 2.55. The highest BCUT2D eigenvalue weighted by molar-refractivity contribution is 7.99. The molecule has 0 saturated carbocycles. The third-order valence-corrected chi connectivity index (χ3v) is 11.5. The number of benzene rings is 6. The van der Waals surface area contributed by atoms with Gasteiger partial charge in [-0.2, -0.15) is 0 Å². The summed E-state index contributed by atoms with van der Waals surface area (Å²) in [5.74, 6) is 0. The molecule has 0 amide bonds. The van der Waals surface area contributed by atoms with E-state index in [4.69, 9.17) is 0 Å². The first-order valence-electron chi connectivity index (χ1n) is 15.2. The molecule has 0 atom stereocenters. The van der Waals surface area contributed by atoms with E-state index in [0.717, 1.165) is 0 Å². The molecule has 3 heterocycles. The number of aryl methyl sites for hydroxylation is 3. The van der Waals surface area contributed by atoms with Crippen molar-refractivity contribution in [3.05, 3.63) is 154 Å². The Morgan fingerprint density at radius 3 is 1.72 bits per heavy atom. The molecule has 0 bridgehead atoms. The van der Waals surface area contributed by atoms with Gasteiger partial charge in [-0.3, -0.25) is 0 Å². The predicted molar refractivity (Wildman–Crippen MR) is 181 cm³/mol. The van der Waals surface area contributed by atoms with Gasteiger partial charge in [0.15, 0.2) is 0 Å². The molecular weight excluding hydrogens is 537 g/mol. The summed E-state index contributed by atoms with van der Waals surface area (Å²) in [7, 11) is 0. The van der Waals surface area contributed by atoms with Crippen LogP contribution in [0.15, 0.2) is 125 Å². The van der Waals surface area contributed by atoms with Crippen LogP contribution in [0.5, 0.6) is 0 Å². The van der Waals surface area contributed by atoms with E-state index >= 15 is 0 Å². The third-order valence-electron chi connectivity index (χ3n) is 10.4. The van der Waals surface area contributed by atoms with Gasteiger partial charge in [-0.15, -0.1) is 0 Å². The minimum Gasteiger partial charge on any atom is -0.309 e. The van der Waals surface area contributed by atoms with Crippen LogP contribution < -0.4 is 21.3 Å². The highest BCUT2D eigenvalue weighted by Crippen LogP contribution is 2.66. The first-order chi connectivity index (χ1) is 21.1. The number of nitrogens with zero attached hydrogens (tertiary/aromatic N) is 1. The van der Waals surface area contributed by atoms with Gasteiger partial charge in [0.1, 0.15) is 0 Å². The fourth-order valence-corrected chi connectivity index (χ4v) is 10.3. The van der Waals surface area contributed by atoms with Crippen molar-refractivity contribution in [2.24, 2.45) is 0 Å². The van der Waals surface area contributed by atoms with Crippen LogP contribution >= 0.6 is 11.8 Å². The van der Waals surface area contributed by atoms with Gasteiger partial charge < -0.3 is 4.90 Å². The van der Waals surface area contributed by atoms with Crippen LogP contribution in [0, 0.1) is 20.8 Å². The summed E-state index contributed by atoms with van der Waals surface area (Å²) in [5, 5.41) is 0. The smallest absolute Gasteiger partial charge is 0.247 e. The van der Waals surface area contributed by atoms with Crippen LogP contribution in [0.3, 0.4) is 0 Å². The van der Waals surface area contributed by atoms with Crippen LogP contribution in [0.25, 0.3) is 11.1 Å². The molecule has 0 N–H and O–H groups in total.